The molecule has 18 heavy (non-hydrogen) atoms. The van der Waals surface area contributed by atoms with Crippen LogP contribution in [-0.4, -0.2) is 22.0 Å². The first-order chi connectivity index (χ1) is 8.52. The number of nitrogens with zero attached hydrogens (tertiary/aromatic N) is 1. The number of rotatable bonds is 5. The van der Waals surface area contributed by atoms with Crippen LogP contribution in [0.3, 0.4) is 0 Å². The Hall–Kier alpha value is -2.11. The molecule has 0 saturated heterocycles. The molecule has 1 aliphatic rings. The minimum Gasteiger partial charge on any atom is -0.477 e. The van der Waals surface area contributed by atoms with Crippen LogP contribution < -0.4 is 5.32 Å². The molecule has 1 aromatic carbocycles. The standard InChI is InChI=1S/C12H14N2O4/c1-2-7-5-10(7)13-8-3-4-9(12(15)16)11(6-8)14(17)18/h3-4,6-7,10,13H,2,5H2,1H3,(H,15,16). The molecule has 0 aliphatic heterocycles. The van der Waals surface area contributed by atoms with E-state index in [1.54, 1.807) is 6.07 Å². The van der Waals surface area contributed by atoms with Gasteiger partial charge >= 0.3 is 5.97 Å². The summed E-state index contributed by atoms with van der Waals surface area (Å²) in [6.45, 7) is 2.10. The summed E-state index contributed by atoms with van der Waals surface area (Å²) in [7, 11) is 0. The summed E-state index contributed by atoms with van der Waals surface area (Å²) >= 11 is 0. The summed E-state index contributed by atoms with van der Waals surface area (Å²) in [5, 5.41) is 22.9. The van der Waals surface area contributed by atoms with Crippen LogP contribution in [0, 0.1) is 16.0 Å². The summed E-state index contributed by atoms with van der Waals surface area (Å²) < 4.78 is 0. The van der Waals surface area contributed by atoms with Crippen molar-refractivity contribution in [3.05, 3.63) is 33.9 Å². The fourth-order valence-electron chi connectivity index (χ4n) is 2.04. The zero-order valence-electron chi connectivity index (χ0n) is 9.92. The highest BCUT2D eigenvalue weighted by atomic mass is 16.6. The number of aromatic carboxylic acids is 1. The Morgan fingerprint density at radius 2 is 2.33 bits per heavy atom. The van der Waals surface area contributed by atoms with E-state index in [9.17, 15) is 14.9 Å². The second-order valence-electron chi connectivity index (χ2n) is 4.45. The average Bonchev–Trinajstić information content (AvgIpc) is 3.07. The maximum atomic E-state index is 10.8. The molecular formula is C12H14N2O4. The number of anilines is 1. The molecule has 1 aliphatic carbocycles. The fraction of sp³-hybridized carbons (Fsp3) is 0.417. The van der Waals surface area contributed by atoms with E-state index >= 15 is 0 Å². The predicted octanol–water partition coefficient (Wildman–Crippen LogP) is 2.50. The minimum absolute atomic E-state index is 0.284. The Morgan fingerprint density at radius 1 is 1.61 bits per heavy atom. The van der Waals surface area contributed by atoms with Crippen molar-refractivity contribution in [1.82, 2.24) is 0 Å². The minimum atomic E-state index is -1.29. The van der Waals surface area contributed by atoms with Crippen LogP contribution in [0.2, 0.25) is 0 Å². The van der Waals surface area contributed by atoms with Crippen molar-refractivity contribution in [2.75, 3.05) is 5.32 Å². The van der Waals surface area contributed by atoms with Crippen molar-refractivity contribution < 1.29 is 14.8 Å². The Morgan fingerprint density at radius 3 is 2.83 bits per heavy atom. The molecule has 2 unspecified atom stereocenters. The van der Waals surface area contributed by atoms with Gasteiger partial charge in [-0.2, -0.15) is 0 Å². The lowest BCUT2D eigenvalue weighted by atomic mass is 10.1. The maximum absolute atomic E-state index is 10.8. The Balaban J connectivity index is 2.21. The second-order valence-corrected chi connectivity index (χ2v) is 4.45. The second kappa shape index (κ2) is 4.64. The molecule has 1 saturated carbocycles. The normalized spacial score (nSPS) is 21.4. The van der Waals surface area contributed by atoms with Gasteiger partial charge in [0.15, 0.2) is 0 Å². The third-order valence-corrected chi connectivity index (χ3v) is 3.22. The van der Waals surface area contributed by atoms with E-state index < -0.39 is 10.9 Å². The van der Waals surface area contributed by atoms with E-state index in [0.717, 1.165) is 12.8 Å². The number of nitro benzene ring substituents is 1. The summed E-state index contributed by atoms with van der Waals surface area (Å²) in [5.74, 6) is -0.672. The van der Waals surface area contributed by atoms with E-state index in [4.69, 9.17) is 5.11 Å². The maximum Gasteiger partial charge on any atom is 0.342 e. The summed E-state index contributed by atoms with van der Waals surface area (Å²) in [6.07, 6.45) is 2.14. The van der Waals surface area contributed by atoms with Gasteiger partial charge in [0.2, 0.25) is 0 Å². The van der Waals surface area contributed by atoms with Gasteiger partial charge in [-0.3, -0.25) is 10.1 Å². The van der Waals surface area contributed by atoms with Crippen molar-refractivity contribution in [2.24, 2.45) is 5.92 Å². The van der Waals surface area contributed by atoms with Gasteiger partial charge in [-0.25, -0.2) is 4.79 Å². The van der Waals surface area contributed by atoms with Crippen LogP contribution in [-0.2, 0) is 0 Å². The van der Waals surface area contributed by atoms with Crippen LogP contribution in [0.1, 0.15) is 30.1 Å². The highest BCUT2D eigenvalue weighted by molar-refractivity contribution is 5.93. The molecule has 2 rings (SSSR count). The highest BCUT2D eigenvalue weighted by Crippen LogP contribution is 2.36. The third kappa shape index (κ3) is 2.42. The van der Waals surface area contributed by atoms with Gasteiger partial charge in [-0.1, -0.05) is 13.3 Å². The molecule has 1 aromatic rings. The molecule has 0 bridgehead atoms. The SMILES string of the molecule is CCC1CC1Nc1ccc(C(=O)O)c([N+](=O)[O-])c1. The van der Waals surface area contributed by atoms with Crippen LogP contribution >= 0.6 is 0 Å². The van der Waals surface area contributed by atoms with Gasteiger partial charge in [0, 0.05) is 17.8 Å². The van der Waals surface area contributed by atoms with Gasteiger partial charge in [0.1, 0.15) is 5.56 Å². The molecule has 0 heterocycles. The van der Waals surface area contributed by atoms with Crippen LogP contribution in [0.25, 0.3) is 0 Å². The number of hydrogen-bond acceptors (Lipinski definition) is 4. The van der Waals surface area contributed by atoms with Gasteiger partial charge in [0.05, 0.1) is 4.92 Å². The number of carboxylic acid groups (broad SMARTS) is 1. The molecule has 2 N–H and O–H groups in total. The van der Waals surface area contributed by atoms with E-state index in [1.165, 1.54) is 12.1 Å². The van der Waals surface area contributed by atoms with Crippen LogP contribution in [0.15, 0.2) is 18.2 Å². The van der Waals surface area contributed by atoms with E-state index in [2.05, 4.69) is 12.2 Å². The highest BCUT2D eigenvalue weighted by Gasteiger charge is 2.35. The monoisotopic (exact) mass is 250 g/mol. The van der Waals surface area contributed by atoms with Crippen molar-refractivity contribution in [3.8, 4) is 0 Å². The van der Waals surface area contributed by atoms with Crippen molar-refractivity contribution >= 4 is 17.3 Å². The lowest BCUT2D eigenvalue weighted by Crippen LogP contribution is -2.07. The number of hydrogen-bond donors (Lipinski definition) is 2. The fourth-order valence-corrected chi connectivity index (χ4v) is 2.04. The number of nitro groups is 1. The third-order valence-electron chi connectivity index (χ3n) is 3.22. The Labute approximate surface area is 104 Å². The summed E-state index contributed by atoms with van der Waals surface area (Å²) in [4.78, 5) is 21.0. The largest absolute Gasteiger partial charge is 0.477 e. The van der Waals surface area contributed by atoms with E-state index in [0.29, 0.717) is 17.6 Å². The first-order valence-corrected chi connectivity index (χ1v) is 5.81. The number of carboxylic acids is 1. The van der Waals surface area contributed by atoms with Gasteiger partial charge in [-0.05, 0) is 24.5 Å². The topological polar surface area (TPSA) is 92.5 Å². The summed E-state index contributed by atoms with van der Waals surface area (Å²) in [6, 6.07) is 4.48. The number of nitrogens with one attached hydrogen (secondary N) is 1. The summed E-state index contributed by atoms with van der Waals surface area (Å²) in [5.41, 5.74) is -0.0535. The quantitative estimate of drug-likeness (QED) is 0.618. The zero-order chi connectivity index (χ0) is 13.3. The lowest BCUT2D eigenvalue weighted by molar-refractivity contribution is -0.385. The van der Waals surface area contributed by atoms with Crippen molar-refractivity contribution in [1.29, 1.82) is 0 Å². The zero-order valence-corrected chi connectivity index (χ0v) is 9.92. The number of benzene rings is 1. The molecule has 6 nitrogen and oxygen atoms in total. The Kier molecular flexibility index (Phi) is 3.18. The molecule has 0 aromatic heterocycles. The average molecular weight is 250 g/mol. The molecular weight excluding hydrogens is 236 g/mol. The molecule has 2 atom stereocenters. The molecule has 96 valence electrons. The van der Waals surface area contributed by atoms with Gasteiger partial charge in [-0.15, -0.1) is 0 Å². The first kappa shape index (κ1) is 12.3. The molecule has 6 heteroatoms. The number of carbonyl (C=O) groups is 1. The van der Waals surface area contributed by atoms with Crippen molar-refractivity contribution in [3.63, 3.8) is 0 Å². The first-order valence-electron chi connectivity index (χ1n) is 5.81. The van der Waals surface area contributed by atoms with Crippen LogP contribution in [0.5, 0.6) is 0 Å². The lowest BCUT2D eigenvalue weighted by Gasteiger charge is -2.06. The van der Waals surface area contributed by atoms with Crippen molar-refractivity contribution in [2.45, 2.75) is 25.8 Å². The smallest absolute Gasteiger partial charge is 0.342 e. The molecule has 1 fully saturated rings. The predicted molar refractivity (Wildman–Crippen MR) is 65.9 cm³/mol. The molecule has 0 radical (unpaired) electrons. The van der Waals surface area contributed by atoms with E-state index in [1.807, 2.05) is 0 Å². The Bertz CT molecular complexity index is 501. The van der Waals surface area contributed by atoms with Gasteiger partial charge in [0.25, 0.3) is 5.69 Å². The van der Waals surface area contributed by atoms with E-state index in [-0.39, 0.29) is 11.3 Å². The molecule has 0 amide bonds. The molecule has 0 spiro atoms. The van der Waals surface area contributed by atoms with Crippen LogP contribution in [0.4, 0.5) is 11.4 Å². The van der Waals surface area contributed by atoms with Gasteiger partial charge < -0.3 is 10.4 Å².